The van der Waals surface area contributed by atoms with Gasteiger partial charge >= 0.3 is 5.97 Å². The highest BCUT2D eigenvalue weighted by molar-refractivity contribution is 7.14. The van der Waals surface area contributed by atoms with Crippen molar-refractivity contribution in [3.05, 3.63) is 57.7 Å². The smallest absolute Gasteiger partial charge is 0.340 e. The molecule has 0 fully saturated rings. The second-order valence-corrected chi connectivity index (χ2v) is 8.24. The Balaban J connectivity index is 1.73. The zero-order valence-electron chi connectivity index (χ0n) is 18.7. The predicted octanol–water partition coefficient (Wildman–Crippen LogP) is 4.38. The number of carbonyl (C=O) groups is 3. The Bertz CT molecular complexity index is 1150. The summed E-state index contributed by atoms with van der Waals surface area (Å²) in [6.45, 7) is 8.85. The zero-order valence-corrected chi connectivity index (χ0v) is 19.5. The van der Waals surface area contributed by atoms with Crippen LogP contribution in [0.15, 0.2) is 29.6 Å². The molecule has 1 unspecified atom stereocenters. The van der Waals surface area contributed by atoms with E-state index in [4.69, 9.17) is 4.74 Å². The quantitative estimate of drug-likeness (QED) is 0.459. The number of ether oxygens (including phenoxy) is 1. The van der Waals surface area contributed by atoms with Crippen LogP contribution in [0.25, 0.3) is 11.3 Å². The van der Waals surface area contributed by atoms with Gasteiger partial charge in [0.15, 0.2) is 5.13 Å². The predicted molar refractivity (Wildman–Crippen MR) is 124 cm³/mol. The molecule has 0 aliphatic rings. The summed E-state index contributed by atoms with van der Waals surface area (Å²) in [5.41, 5.74) is 4.43. The minimum Gasteiger partial charge on any atom is -0.462 e. The van der Waals surface area contributed by atoms with Crippen molar-refractivity contribution in [2.75, 3.05) is 11.9 Å². The molecule has 9 heteroatoms. The molecule has 1 aromatic carbocycles. The maximum Gasteiger partial charge on any atom is 0.340 e. The molecule has 2 amide bonds. The summed E-state index contributed by atoms with van der Waals surface area (Å²) in [6, 6.07) is 7.65. The monoisotopic (exact) mass is 454 g/mol. The van der Waals surface area contributed by atoms with Gasteiger partial charge in [0.05, 0.1) is 23.9 Å². The number of aromatic nitrogens is 2. The number of benzene rings is 1. The van der Waals surface area contributed by atoms with E-state index in [0.29, 0.717) is 27.6 Å². The number of nitrogens with one attached hydrogen (secondary N) is 3. The molecule has 168 valence electrons. The van der Waals surface area contributed by atoms with Crippen LogP contribution in [0.3, 0.4) is 0 Å². The van der Waals surface area contributed by atoms with E-state index in [9.17, 15) is 14.4 Å². The standard InChI is InChI=1S/C23H26N4O4S/c1-6-31-22(30)19-12(2)20(25-14(19)4)21(29)27-23-26-18(11-32-23)17-9-7-16(8-10-17)13(3)24-15(5)28/h7-11,13,25H,6H2,1-5H3,(H,24,28)(H,26,27,29). The number of amides is 2. The Morgan fingerprint density at radius 2 is 1.88 bits per heavy atom. The number of thiazole rings is 1. The van der Waals surface area contributed by atoms with E-state index in [-0.39, 0.29) is 24.5 Å². The number of rotatable bonds is 7. The van der Waals surface area contributed by atoms with Crippen molar-refractivity contribution < 1.29 is 19.1 Å². The Kier molecular flexibility index (Phi) is 7.09. The Labute approximate surface area is 190 Å². The Hall–Kier alpha value is -3.46. The summed E-state index contributed by atoms with van der Waals surface area (Å²) in [6.07, 6.45) is 0. The third-order valence-corrected chi connectivity index (χ3v) is 5.75. The highest BCUT2D eigenvalue weighted by Gasteiger charge is 2.23. The number of H-pyrrole nitrogens is 1. The summed E-state index contributed by atoms with van der Waals surface area (Å²) >= 11 is 1.31. The molecule has 0 spiro atoms. The lowest BCUT2D eigenvalue weighted by molar-refractivity contribution is -0.119. The average Bonchev–Trinajstić information content (AvgIpc) is 3.31. The molecule has 0 bridgehead atoms. The van der Waals surface area contributed by atoms with Crippen molar-refractivity contribution in [1.82, 2.24) is 15.3 Å². The van der Waals surface area contributed by atoms with Gasteiger partial charge in [-0.05, 0) is 38.8 Å². The normalized spacial score (nSPS) is 11.7. The molecule has 3 N–H and O–H groups in total. The first-order chi connectivity index (χ1) is 15.2. The van der Waals surface area contributed by atoms with Crippen LogP contribution in [0.1, 0.15) is 64.5 Å². The summed E-state index contributed by atoms with van der Waals surface area (Å²) in [4.78, 5) is 43.6. The summed E-state index contributed by atoms with van der Waals surface area (Å²) in [5, 5.41) is 7.95. The summed E-state index contributed by atoms with van der Waals surface area (Å²) < 4.78 is 5.07. The summed E-state index contributed by atoms with van der Waals surface area (Å²) in [7, 11) is 0. The van der Waals surface area contributed by atoms with Crippen LogP contribution < -0.4 is 10.6 Å². The first-order valence-electron chi connectivity index (χ1n) is 10.2. The highest BCUT2D eigenvalue weighted by Crippen LogP contribution is 2.27. The van der Waals surface area contributed by atoms with Crippen molar-refractivity contribution in [1.29, 1.82) is 0 Å². The first-order valence-corrected chi connectivity index (χ1v) is 11.1. The maximum absolute atomic E-state index is 12.8. The number of esters is 1. The van der Waals surface area contributed by atoms with Gasteiger partial charge < -0.3 is 15.0 Å². The van der Waals surface area contributed by atoms with Gasteiger partial charge in [0.25, 0.3) is 5.91 Å². The largest absolute Gasteiger partial charge is 0.462 e. The van der Waals surface area contributed by atoms with Gasteiger partial charge in [-0.25, -0.2) is 9.78 Å². The van der Waals surface area contributed by atoms with Crippen molar-refractivity contribution >= 4 is 34.3 Å². The van der Waals surface area contributed by atoms with Gasteiger partial charge in [0.2, 0.25) is 5.91 Å². The second-order valence-electron chi connectivity index (χ2n) is 7.38. The third-order valence-electron chi connectivity index (χ3n) is 4.99. The van der Waals surface area contributed by atoms with Gasteiger partial charge in [0, 0.05) is 23.6 Å². The first kappa shape index (κ1) is 23.2. The van der Waals surface area contributed by atoms with E-state index in [2.05, 4.69) is 20.6 Å². The molecule has 32 heavy (non-hydrogen) atoms. The molecule has 2 heterocycles. The molecule has 3 rings (SSSR count). The zero-order chi connectivity index (χ0) is 23.4. The maximum atomic E-state index is 12.8. The van der Waals surface area contributed by atoms with E-state index in [1.807, 2.05) is 36.6 Å². The van der Waals surface area contributed by atoms with E-state index >= 15 is 0 Å². The molecule has 0 aliphatic carbocycles. The lowest BCUT2D eigenvalue weighted by Crippen LogP contribution is -2.23. The molecule has 0 saturated heterocycles. The number of hydrogen-bond donors (Lipinski definition) is 3. The van der Waals surface area contributed by atoms with E-state index in [0.717, 1.165) is 16.8 Å². The van der Waals surface area contributed by atoms with E-state index in [1.54, 1.807) is 20.8 Å². The number of nitrogens with zero attached hydrogens (tertiary/aromatic N) is 1. The van der Waals surface area contributed by atoms with Gasteiger partial charge in [-0.1, -0.05) is 24.3 Å². The van der Waals surface area contributed by atoms with Gasteiger partial charge in [-0.3, -0.25) is 14.9 Å². The van der Waals surface area contributed by atoms with Gasteiger partial charge in [-0.15, -0.1) is 11.3 Å². The fraction of sp³-hybridized carbons (Fsp3) is 0.304. The topological polar surface area (TPSA) is 113 Å². The summed E-state index contributed by atoms with van der Waals surface area (Å²) in [5.74, 6) is -0.907. The van der Waals surface area contributed by atoms with Crippen LogP contribution in [-0.4, -0.2) is 34.4 Å². The lowest BCUT2D eigenvalue weighted by atomic mass is 10.1. The van der Waals surface area contributed by atoms with Crippen LogP contribution >= 0.6 is 11.3 Å². The number of carbonyl (C=O) groups excluding carboxylic acids is 3. The van der Waals surface area contributed by atoms with Crippen LogP contribution in [0.4, 0.5) is 5.13 Å². The molecule has 2 aromatic heterocycles. The van der Waals surface area contributed by atoms with Crippen molar-refractivity contribution in [2.45, 2.75) is 40.7 Å². The molecule has 0 aliphatic heterocycles. The van der Waals surface area contributed by atoms with Crippen LogP contribution in [0.5, 0.6) is 0 Å². The minimum atomic E-state index is -0.453. The van der Waals surface area contributed by atoms with Crippen molar-refractivity contribution in [3.8, 4) is 11.3 Å². The fourth-order valence-electron chi connectivity index (χ4n) is 3.44. The van der Waals surface area contributed by atoms with Crippen LogP contribution in [0, 0.1) is 13.8 Å². The molecule has 0 radical (unpaired) electrons. The Morgan fingerprint density at radius 1 is 1.19 bits per heavy atom. The molecule has 8 nitrogen and oxygen atoms in total. The van der Waals surface area contributed by atoms with Crippen molar-refractivity contribution in [3.63, 3.8) is 0 Å². The molecule has 1 atom stereocenters. The SMILES string of the molecule is CCOC(=O)c1c(C)[nH]c(C(=O)Nc2nc(-c3ccc(C(C)NC(C)=O)cc3)cs2)c1C. The number of anilines is 1. The van der Waals surface area contributed by atoms with E-state index < -0.39 is 5.97 Å². The second kappa shape index (κ2) is 9.78. The average molecular weight is 455 g/mol. The van der Waals surface area contributed by atoms with Crippen molar-refractivity contribution in [2.24, 2.45) is 0 Å². The fourth-order valence-corrected chi connectivity index (χ4v) is 4.16. The van der Waals surface area contributed by atoms with Crippen LogP contribution in [-0.2, 0) is 9.53 Å². The highest BCUT2D eigenvalue weighted by atomic mass is 32.1. The van der Waals surface area contributed by atoms with Crippen LogP contribution in [0.2, 0.25) is 0 Å². The Morgan fingerprint density at radius 3 is 2.50 bits per heavy atom. The third kappa shape index (κ3) is 5.05. The number of aryl methyl sites for hydroxylation is 1. The lowest BCUT2D eigenvalue weighted by Gasteiger charge is -2.13. The number of hydrogen-bond acceptors (Lipinski definition) is 6. The molecular weight excluding hydrogens is 428 g/mol. The number of aromatic amines is 1. The molecule has 3 aromatic rings. The molecular formula is C23H26N4O4S. The van der Waals surface area contributed by atoms with Gasteiger partial charge in [-0.2, -0.15) is 0 Å². The minimum absolute atomic E-state index is 0.0802. The molecule has 0 saturated carbocycles. The van der Waals surface area contributed by atoms with E-state index in [1.165, 1.54) is 18.3 Å². The van der Waals surface area contributed by atoms with Gasteiger partial charge in [0.1, 0.15) is 5.69 Å².